The lowest BCUT2D eigenvalue weighted by atomic mass is 10.1. The van der Waals surface area contributed by atoms with Crippen LogP contribution in [-0.2, 0) is 25.7 Å². The Hall–Kier alpha value is -3.00. The van der Waals surface area contributed by atoms with Crippen LogP contribution in [0.15, 0.2) is 41.8 Å². The minimum atomic E-state index is -0.830. The van der Waals surface area contributed by atoms with Crippen molar-refractivity contribution < 1.29 is 23.9 Å². The number of anilines is 1. The third-order valence-corrected chi connectivity index (χ3v) is 5.69. The van der Waals surface area contributed by atoms with E-state index in [9.17, 15) is 19.2 Å². The average molecular weight is 429 g/mol. The van der Waals surface area contributed by atoms with Crippen molar-refractivity contribution in [3.8, 4) is 0 Å². The predicted molar refractivity (Wildman–Crippen MR) is 113 cm³/mol. The van der Waals surface area contributed by atoms with Crippen molar-refractivity contribution in [3.05, 3.63) is 52.2 Å². The first-order valence-electron chi connectivity index (χ1n) is 9.92. The third kappa shape index (κ3) is 4.59. The highest BCUT2D eigenvalue weighted by atomic mass is 32.1. The first-order chi connectivity index (χ1) is 14.5. The summed E-state index contributed by atoms with van der Waals surface area (Å²) in [6.07, 6.45) is 0.921. The summed E-state index contributed by atoms with van der Waals surface area (Å²) in [7, 11) is 0. The van der Waals surface area contributed by atoms with Gasteiger partial charge in [-0.05, 0) is 49.1 Å². The number of carbonyl (C=O) groups is 4. The van der Waals surface area contributed by atoms with E-state index in [4.69, 9.17) is 4.74 Å². The van der Waals surface area contributed by atoms with E-state index in [1.807, 2.05) is 24.4 Å². The van der Waals surface area contributed by atoms with Crippen LogP contribution in [0.1, 0.15) is 48.3 Å². The topological polar surface area (TPSA) is 84.0 Å². The summed E-state index contributed by atoms with van der Waals surface area (Å²) in [5, 5.41) is 1.91. The van der Waals surface area contributed by atoms with E-state index in [0.29, 0.717) is 30.6 Å². The molecule has 0 radical (unpaired) electrons. The smallest absolute Gasteiger partial charge is 0.338 e. The van der Waals surface area contributed by atoms with Crippen molar-refractivity contribution in [3.63, 3.8) is 0 Å². The number of esters is 1. The molecule has 2 aromatic rings. The Kier molecular flexibility index (Phi) is 6.99. The highest BCUT2D eigenvalue weighted by molar-refractivity contribution is 7.09. The monoisotopic (exact) mass is 428 g/mol. The van der Waals surface area contributed by atoms with E-state index in [2.05, 4.69) is 0 Å². The lowest BCUT2D eigenvalue weighted by Crippen LogP contribution is -2.44. The molecular formula is C22H24N2O5S. The fourth-order valence-corrected chi connectivity index (χ4v) is 4.09. The molecule has 1 saturated heterocycles. The van der Waals surface area contributed by atoms with E-state index in [0.717, 1.165) is 9.78 Å². The molecule has 0 N–H and O–H groups in total. The Balaban J connectivity index is 1.82. The van der Waals surface area contributed by atoms with Crippen molar-refractivity contribution in [2.45, 2.75) is 45.7 Å². The van der Waals surface area contributed by atoms with Gasteiger partial charge in [-0.15, -0.1) is 11.3 Å². The van der Waals surface area contributed by atoms with Gasteiger partial charge in [0.05, 0.1) is 30.8 Å². The number of benzene rings is 1. The van der Waals surface area contributed by atoms with Gasteiger partial charge in [0.25, 0.3) is 5.91 Å². The molecule has 0 saturated carbocycles. The van der Waals surface area contributed by atoms with E-state index in [1.165, 1.54) is 28.4 Å². The van der Waals surface area contributed by atoms with Crippen molar-refractivity contribution >= 4 is 40.7 Å². The second kappa shape index (κ2) is 9.67. The number of nitrogens with zero attached hydrogens (tertiary/aromatic N) is 2. The van der Waals surface area contributed by atoms with Gasteiger partial charge in [0, 0.05) is 11.3 Å². The van der Waals surface area contributed by atoms with Gasteiger partial charge in [-0.3, -0.25) is 14.4 Å². The molecule has 1 aromatic carbocycles. The first-order valence-corrected chi connectivity index (χ1v) is 10.8. The molecule has 0 aliphatic carbocycles. The van der Waals surface area contributed by atoms with Crippen LogP contribution in [0.3, 0.4) is 0 Å². The molecule has 0 spiro atoms. The van der Waals surface area contributed by atoms with Crippen LogP contribution in [0.2, 0.25) is 0 Å². The zero-order valence-electron chi connectivity index (χ0n) is 17.0. The summed E-state index contributed by atoms with van der Waals surface area (Å²) >= 11 is 1.51. The van der Waals surface area contributed by atoms with E-state index in [1.54, 1.807) is 19.1 Å². The SMILES string of the molecule is CCCC(=O)N(Cc1cccs1)C1CC(=O)N(c2ccc(C(=O)OCC)cc2)C1=O. The third-order valence-electron chi connectivity index (χ3n) is 4.83. The molecule has 1 aliphatic heterocycles. The van der Waals surface area contributed by atoms with Crippen LogP contribution in [-0.4, -0.2) is 41.2 Å². The van der Waals surface area contributed by atoms with Gasteiger partial charge in [-0.25, -0.2) is 9.69 Å². The fourth-order valence-electron chi connectivity index (χ4n) is 3.39. The molecule has 7 nitrogen and oxygen atoms in total. The molecule has 1 aromatic heterocycles. The van der Waals surface area contributed by atoms with Gasteiger partial charge in [-0.2, -0.15) is 0 Å². The number of hydrogen-bond acceptors (Lipinski definition) is 6. The quantitative estimate of drug-likeness (QED) is 0.475. The van der Waals surface area contributed by atoms with E-state index < -0.39 is 17.9 Å². The van der Waals surface area contributed by atoms with Gasteiger partial charge in [0.2, 0.25) is 11.8 Å². The van der Waals surface area contributed by atoms with Crippen LogP contribution in [0.5, 0.6) is 0 Å². The second-order valence-electron chi connectivity index (χ2n) is 6.91. The van der Waals surface area contributed by atoms with Crippen LogP contribution in [0.4, 0.5) is 5.69 Å². The molecule has 158 valence electrons. The summed E-state index contributed by atoms with van der Waals surface area (Å²) in [6, 6.07) is 9.10. The van der Waals surface area contributed by atoms with E-state index >= 15 is 0 Å². The number of imide groups is 1. The summed E-state index contributed by atoms with van der Waals surface area (Å²) < 4.78 is 4.95. The summed E-state index contributed by atoms with van der Waals surface area (Å²) in [5.41, 5.74) is 0.716. The van der Waals surface area contributed by atoms with Crippen LogP contribution in [0, 0.1) is 0 Å². The summed E-state index contributed by atoms with van der Waals surface area (Å²) in [6.45, 7) is 4.18. The van der Waals surface area contributed by atoms with E-state index in [-0.39, 0.29) is 24.8 Å². The first kappa shape index (κ1) is 21.7. The van der Waals surface area contributed by atoms with Crippen LogP contribution < -0.4 is 4.90 Å². The number of hydrogen-bond donors (Lipinski definition) is 0. The second-order valence-corrected chi connectivity index (χ2v) is 7.94. The minimum Gasteiger partial charge on any atom is -0.462 e. The maximum atomic E-state index is 13.1. The fraction of sp³-hybridized carbons (Fsp3) is 0.364. The van der Waals surface area contributed by atoms with Gasteiger partial charge in [0.1, 0.15) is 6.04 Å². The van der Waals surface area contributed by atoms with Crippen LogP contribution in [0.25, 0.3) is 0 Å². The lowest BCUT2D eigenvalue weighted by molar-refractivity contribution is -0.139. The van der Waals surface area contributed by atoms with Crippen molar-refractivity contribution in [2.75, 3.05) is 11.5 Å². The number of rotatable bonds is 8. The molecule has 0 bridgehead atoms. The zero-order valence-corrected chi connectivity index (χ0v) is 17.8. The molecule has 1 aliphatic rings. The maximum absolute atomic E-state index is 13.1. The predicted octanol–water partition coefficient (Wildman–Crippen LogP) is 3.39. The number of amides is 3. The normalized spacial score (nSPS) is 16.1. The standard InChI is InChI=1S/C22H24N2O5S/c1-3-6-19(25)23(14-17-7-5-12-30-17)18-13-20(26)24(21(18)27)16-10-8-15(9-11-16)22(28)29-4-2/h5,7-12,18H,3-4,6,13-14H2,1-2H3. The van der Waals surface area contributed by atoms with Crippen molar-refractivity contribution in [2.24, 2.45) is 0 Å². The summed E-state index contributed by atoms with van der Waals surface area (Å²) in [4.78, 5) is 53.9. The molecule has 3 amide bonds. The number of thiophene rings is 1. The Labute approximate surface area is 179 Å². The molecule has 30 heavy (non-hydrogen) atoms. The Morgan fingerprint density at radius 2 is 1.90 bits per heavy atom. The molecule has 1 atom stereocenters. The summed E-state index contributed by atoms with van der Waals surface area (Å²) in [5.74, 6) is -1.40. The Morgan fingerprint density at radius 1 is 1.17 bits per heavy atom. The van der Waals surface area contributed by atoms with Crippen LogP contribution >= 0.6 is 11.3 Å². The van der Waals surface area contributed by atoms with Crippen molar-refractivity contribution in [1.29, 1.82) is 0 Å². The van der Waals surface area contributed by atoms with Gasteiger partial charge in [0.15, 0.2) is 0 Å². The van der Waals surface area contributed by atoms with Gasteiger partial charge < -0.3 is 9.64 Å². The molecule has 8 heteroatoms. The maximum Gasteiger partial charge on any atom is 0.338 e. The highest BCUT2D eigenvalue weighted by Gasteiger charge is 2.44. The molecule has 1 unspecified atom stereocenters. The lowest BCUT2D eigenvalue weighted by Gasteiger charge is -2.27. The highest BCUT2D eigenvalue weighted by Crippen LogP contribution is 2.28. The number of carbonyl (C=O) groups excluding carboxylic acids is 4. The largest absolute Gasteiger partial charge is 0.462 e. The molecule has 3 rings (SSSR count). The zero-order chi connectivity index (χ0) is 21.7. The average Bonchev–Trinajstić information content (AvgIpc) is 3.34. The van der Waals surface area contributed by atoms with Gasteiger partial charge >= 0.3 is 5.97 Å². The Morgan fingerprint density at radius 3 is 2.50 bits per heavy atom. The Bertz CT molecular complexity index is 924. The molecule has 2 heterocycles. The van der Waals surface area contributed by atoms with Gasteiger partial charge in [-0.1, -0.05) is 13.0 Å². The molecular weight excluding hydrogens is 404 g/mol. The minimum absolute atomic E-state index is 0.0563. The number of ether oxygens (including phenoxy) is 1. The molecule has 1 fully saturated rings. The van der Waals surface area contributed by atoms with Crippen molar-refractivity contribution in [1.82, 2.24) is 4.90 Å².